The molecule has 1 aromatic carbocycles. The summed E-state index contributed by atoms with van der Waals surface area (Å²) in [5.41, 5.74) is 14.7. The molecule has 29 heavy (non-hydrogen) atoms. The van der Waals surface area contributed by atoms with Crippen LogP contribution in [0.1, 0.15) is 23.3 Å². The Kier molecular flexibility index (Phi) is 5.66. The summed E-state index contributed by atoms with van der Waals surface area (Å²) in [5.74, 6) is -0.373. The van der Waals surface area contributed by atoms with E-state index in [9.17, 15) is 4.79 Å². The molecule has 4 rings (SSSR count). The Balaban J connectivity index is 1.58. The Morgan fingerprint density at radius 3 is 3.00 bits per heavy atom. The Morgan fingerprint density at radius 2 is 2.21 bits per heavy atom. The minimum atomic E-state index is -0.373. The molecule has 1 fully saturated rings. The lowest BCUT2D eigenvalue weighted by molar-refractivity contribution is 0.102. The van der Waals surface area contributed by atoms with E-state index in [0.717, 1.165) is 37.2 Å². The van der Waals surface area contributed by atoms with Gasteiger partial charge in [-0.3, -0.25) is 9.78 Å². The maximum atomic E-state index is 12.9. The van der Waals surface area contributed by atoms with Crippen LogP contribution >= 0.6 is 22.9 Å². The number of benzene rings is 1. The van der Waals surface area contributed by atoms with Gasteiger partial charge in [0.25, 0.3) is 5.91 Å². The van der Waals surface area contributed by atoms with E-state index in [1.165, 1.54) is 11.3 Å². The average molecular weight is 429 g/mol. The number of aromatic nitrogens is 2. The van der Waals surface area contributed by atoms with Gasteiger partial charge in [0.15, 0.2) is 5.69 Å². The van der Waals surface area contributed by atoms with E-state index in [1.54, 1.807) is 24.5 Å². The zero-order chi connectivity index (χ0) is 20.4. The molecular weight excluding hydrogens is 408 g/mol. The Hall–Kier alpha value is -2.68. The molecule has 2 aromatic heterocycles. The number of carbonyl (C=O) groups excluding carboxylic acids is 1. The predicted octanol–water partition coefficient (Wildman–Crippen LogP) is 3.62. The van der Waals surface area contributed by atoms with Crippen molar-refractivity contribution >= 4 is 45.2 Å². The minimum Gasteiger partial charge on any atom is -0.389 e. The number of nitrogens with zero attached hydrogens (tertiary/aromatic N) is 3. The molecule has 1 atom stereocenters. The van der Waals surface area contributed by atoms with Crippen molar-refractivity contribution in [3.05, 3.63) is 53.4 Å². The summed E-state index contributed by atoms with van der Waals surface area (Å²) in [7, 11) is 0. The number of amides is 1. The number of halogens is 1. The van der Waals surface area contributed by atoms with Gasteiger partial charge in [0.1, 0.15) is 10.0 Å². The van der Waals surface area contributed by atoms with Crippen LogP contribution in [0.4, 0.5) is 16.4 Å². The number of carbonyl (C=O) groups is 1. The largest absolute Gasteiger partial charge is 0.389 e. The number of rotatable bonds is 4. The van der Waals surface area contributed by atoms with Gasteiger partial charge in [0.2, 0.25) is 0 Å². The quantitative estimate of drug-likeness (QED) is 0.585. The number of nitrogen functional groups attached to an aromatic ring is 1. The molecule has 1 aliphatic rings. The van der Waals surface area contributed by atoms with Gasteiger partial charge in [-0.25, -0.2) is 4.98 Å². The van der Waals surface area contributed by atoms with Crippen LogP contribution in [0.3, 0.4) is 0 Å². The highest BCUT2D eigenvalue weighted by Crippen LogP contribution is 2.33. The van der Waals surface area contributed by atoms with Gasteiger partial charge >= 0.3 is 0 Å². The molecule has 1 amide bonds. The number of anilines is 3. The van der Waals surface area contributed by atoms with Crippen molar-refractivity contribution in [2.45, 2.75) is 18.9 Å². The fraction of sp³-hybridized carbons (Fsp3) is 0.250. The number of pyridine rings is 1. The maximum absolute atomic E-state index is 12.9. The molecule has 0 saturated carbocycles. The molecule has 5 N–H and O–H groups in total. The second-order valence-electron chi connectivity index (χ2n) is 6.94. The third kappa shape index (κ3) is 4.34. The molecule has 3 aromatic rings. The molecule has 0 radical (unpaired) electrons. The van der Waals surface area contributed by atoms with Crippen molar-refractivity contribution in [3.8, 4) is 10.6 Å². The van der Waals surface area contributed by atoms with E-state index in [4.69, 9.17) is 23.1 Å². The van der Waals surface area contributed by atoms with Gasteiger partial charge in [-0.2, -0.15) is 0 Å². The molecule has 150 valence electrons. The standard InChI is InChI=1S/C20H21ClN6OS/c21-13-4-1-3-12(9-13)20-26-17(18(23)29-20)19(28)25-15-10-24-7-6-16(15)27-8-2-5-14(22)11-27/h1,3-4,6-7,9-10,14H,2,5,8,11,22-23H2,(H,25,28)/t14-/m0/s1. The molecule has 3 heterocycles. The lowest BCUT2D eigenvalue weighted by atomic mass is 10.1. The van der Waals surface area contributed by atoms with Gasteiger partial charge < -0.3 is 21.7 Å². The highest BCUT2D eigenvalue weighted by Gasteiger charge is 2.22. The highest BCUT2D eigenvalue weighted by atomic mass is 35.5. The van der Waals surface area contributed by atoms with Crippen LogP contribution in [0.15, 0.2) is 42.7 Å². The van der Waals surface area contributed by atoms with Crippen LogP contribution in [-0.4, -0.2) is 35.0 Å². The summed E-state index contributed by atoms with van der Waals surface area (Å²) in [6.45, 7) is 1.63. The summed E-state index contributed by atoms with van der Waals surface area (Å²) >= 11 is 7.31. The fourth-order valence-electron chi connectivity index (χ4n) is 3.41. The van der Waals surface area contributed by atoms with Crippen LogP contribution < -0.4 is 21.7 Å². The van der Waals surface area contributed by atoms with Gasteiger partial charge in [-0.15, -0.1) is 0 Å². The average Bonchev–Trinajstić information content (AvgIpc) is 3.10. The van der Waals surface area contributed by atoms with Crippen LogP contribution in [0.5, 0.6) is 0 Å². The number of piperidine rings is 1. The van der Waals surface area contributed by atoms with Crippen LogP contribution in [0.2, 0.25) is 5.02 Å². The maximum Gasteiger partial charge on any atom is 0.277 e. The van der Waals surface area contributed by atoms with E-state index < -0.39 is 0 Å². The first-order valence-electron chi connectivity index (χ1n) is 9.29. The number of hydrogen-bond acceptors (Lipinski definition) is 7. The molecule has 0 bridgehead atoms. The monoisotopic (exact) mass is 428 g/mol. The third-order valence-corrected chi connectivity index (χ3v) is 5.95. The Labute approximate surface area is 177 Å². The first kappa shape index (κ1) is 19.6. The van der Waals surface area contributed by atoms with Crippen LogP contribution in [0, 0.1) is 0 Å². The number of nitrogens with one attached hydrogen (secondary N) is 1. The highest BCUT2D eigenvalue weighted by molar-refractivity contribution is 7.19. The molecule has 0 unspecified atom stereocenters. The zero-order valence-corrected chi connectivity index (χ0v) is 17.2. The van der Waals surface area contributed by atoms with E-state index in [0.29, 0.717) is 20.7 Å². The third-order valence-electron chi connectivity index (χ3n) is 4.78. The molecule has 1 saturated heterocycles. The zero-order valence-electron chi connectivity index (χ0n) is 15.6. The van der Waals surface area contributed by atoms with Crippen molar-refractivity contribution in [1.82, 2.24) is 9.97 Å². The summed E-state index contributed by atoms with van der Waals surface area (Å²) < 4.78 is 0. The van der Waals surface area contributed by atoms with Gasteiger partial charge in [-0.1, -0.05) is 35.1 Å². The van der Waals surface area contributed by atoms with Crippen molar-refractivity contribution in [1.29, 1.82) is 0 Å². The Morgan fingerprint density at radius 1 is 1.34 bits per heavy atom. The topological polar surface area (TPSA) is 110 Å². The second-order valence-corrected chi connectivity index (χ2v) is 8.40. The van der Waals surface area contributed by atoms with E-state index >= 15 is 0 Å². The second kappa shape index (κ2) is 8.36. The molecular formula is C20H21ClN6OS. The van der Waals surface area contributed by atoms with Crippen molar-refractivity contribution in [2.75, 3.05) is 29.0 Å². The molecule has 7 nitrogen and oxygen atoms in total. The first-order valence-corrected chi connectivity index (χ1v) is 10.5. The molecule has 0 aliphatic carbocycles. The van der Waals surface area contributed by atoms with Crippen LogP contribution in [0.25, 0.3) is 10.6 Å². The smallest absolute Gasteiger partial charge is 0.277 e. The van der Waals surface area contributed by atoms with E-state index in [-0.39, 0.29) is 17.6 Å². The lowest BCUT2D eigenvalue weighted by Crippen LogP contribution is -2.43. The van der Waals surface area contributed by atoms with Crippen LogP contribution in [-0.2, 0) is 0 Å². The lowest BCUT2D eigenvalue weighted by Gasteiger charge is -2.33. The SMILES string of the molecule is Nc1sc(-c2cccc(Cl)c2)nc1C(=O)Nc1cnccc1N1CCC[C@H](N)C1. The molecule has 0 spiro atoms. The van der Waals surface area contributed by atoms with E-state index in [2.05, 4.69) is 20.2 Å². The molecule has 1 aliphatic heterocycles. The predicted molar refractivity (Wildman–Crippen MR) is 119 cm³/mol. The number of nitrogens with two attached hydrogens (primary N) is 2. The van der Waals surface area contributed by atoms with Gasteiger partial charge in [0.05, 0.1) is 17.6 Å². The van der Waals surface area contributed by atoms with Crippen molar-refractivity contribution < 1.29 is 4.79 Å². The summed E-state index contributed by atoms with van der Waals surface area (Å²) in [4.78, 5) is 23.7. The normalized spacial score (nSPS) is 16.6. The van der Waals surface area contributed by atoms with Crippen molar-refractivity contribution in [3.63, 3.8) is 0 Å². The van der Waals surface area contributed by atoms with Crippen molar-refractivity contribution in [2.24, 2.45) is 5.73 Å². The minimum absolute atomic E-state index is 0.120. The first-order chi connectivity index (χ1) is 14.0. The summed E-state index contributed by atoms with van der Waals surface area (Å²) in [6.07, 6.45) is 5.36. The number of hydrogen-bond donors (Lipinski definition) is 3. The van der Waals surface area contributed by atoms with E-state index in [1.807, 2.05) is 18.2 Å². The summed E-state index contributed by atoms with van der Waals surface area (Å²) in [6, 6.07) is 9.29. The summed E-state index contributed by atoms with van der Waals surface area (Å²) in [5, 5.41) is 4.50. The fourth-order valence-corrected chi connectivity index (χ4v) is 4.42. The Bertz CT molecular complexity index is 1040. The van der Waals surface area contributed by atoms with Gasteiger partial charge in [-0.05, 0) is 31.0 Å². The molecule has 9 heteroatoms. The van der Waals surface area contributed by atoms with Gasteiger partial charge in [0, 0.05) is 35.9 Å². The number of thiazole rings is 1.